The smallest absolute Gasteiger partial charge is 0.222 e. The SMILES string of the molecule is CC(C)C(=O)CCOCC(COCCC(=O)C(C)C)(COCCC(=O)C(C)C)NC(=O)CCOCCSCC(=O)C(C)C. The van der Waals surface area contributed by atoms with Crippen molar-refractivity contribution < 1.29 is 42.9 Å². The van der Waals surface area contributed by atoms with Crippen molar-refractivity contribution in [2.45, 2.75) is 86.6 Å². The summed E-state index contributed by atoms with van der Waals surface area (Å²) in [6.45, 7) is 15.9. The van der Waals surface area contributed by atoms with Gasteiger partial charge in [-0.25, -0.2) is 0 Å². The van der Waals surface area contributed by atoms with E-state index in [1.54, 1.807) is 0 Å². The molecule has 0 aromatic carbocycles. The standard InChI is InChI=1S/C32H57NO9S/c1-23(2)27(34)9-13-40-20-32(21-41-14-10-28(35)24(3)4,22-42-15-11-29(36)25(5)6)33-31(38)12-16-39-17-18-43-19-30(37)26(7)8/h23-26H,9-22H2,1-8H3,(H,33,38). The first-order valence-corrected chi connectivity index (χ1v) is 16.7. The summed E-state index contributed by atoms with van der Waals surface area (Å²) in [5, 5.41) is 2.99. The van der Waals surface area contributed by atoms with Crippen LogP contribution < -0.4 is 5.32 Å². The van der Waals surface area contributed by atoms with Crippen LogP contribution in [0.5, 0.6) is 0 Å². The van der Waals surface area contributed by atoms with Crippen molar-refractivity contribution in [1.29, 1.82) is 0 Å². The quantitative estimate of drug-likeness (QED) is 0.126. The molecule has 0 aromatic rings. The lowest BCUT2D eigenvalue weighted by Crippen LogP contribution is -2.59. The lowest BCUT2D eigenvalue weighted by Gasteiger charge is -2.34. The Morgan fingerprint density at radius 1 is 0.535 bits per heavy atom. The third-order valence-electron chi connectivity index (χ3n) is 6.68. The molecule has 11 heteroatoms. The molecule has 0 saturated carbocycles. The van der Waals surface area contributed by atoms with Gasteiger partial charge in [0.2, 0.25) is 5.91 Å². The number of rotatable bonds is 28. The van der Waals surface area contributed by atoms with Crippen LogP contribution in [0.2, 0.25) is 0 Å². The van der Waals surface area contributed by atoms with Gasteiger partial charge in [0, 0.05) is 55.1 Å². The van der Waals surface area contributed by atoms with Crippen LogP contribution in [0.25, 0.3) is 0 Å². The van der Waals surface area contributed by atoms with Crippen LogP contribution in [0.4, 0.5) is 0 Å². The maximum atomic E-state index is 13.0. The highest BCUT2D eigenvalue weighted by Crippen LogP contribution is 2.13. The van der Waals surface area contributed by atoms with Crippen molar-refractivity contribution in [1.82, 2.24) is 5.32 Å². The van der Waals surface area contributed by atoms with Gasteiger partial charge >= 0.3 is 0 Å². The minimum absolute atomic E-state index is 0.0106. The first-order valence-electron chi connectivity index (χ1n) is 15.5. The van der Waals surface area contributed by atoms with Gasteiger partial charge in [0.1, 0.15) is 28.7 Å². The lowest BCUT2D eigenvalue weighted by atomic mass is 10.0. The van der Waals surface area contributed by atoms with E-state index in [-0.39, 0.29) is 125 Å². The van der Waals surface area contributed by atoms with Gasteiger partial charge in [-0.2, -0.15) is 11.8 Å². The molecular weight excluding hydrogens is 574 g/mol. The number of nitrogens with one attached hydrogen (secondary N) is 1. The molecule has 0 bridgehead atoms. The van der Waals surface area contributed by atoms with E-state index in [1.807, 2.05) is 55.4 Å². The zero-order valence-corrected chi connectivity index (χ0v) is 28.6. The number of hydrogen-bond donors (Lipinski definition) is 1. The summed E-state index contributed by atoms with van der Waals surface area (Å²) in [6.07, 6.45) is 0.804. The summed E-state index contributed by atoms with van der Waals surface area (Å²) in [6, 6.07) is 0. The minimum Gasteiger partial charge on any atom is -0.380 e. The van der Waals surface area contributed by atoms with Gasteiger partial charge < -0.3 is 24.3 Å². The van der Waals surface area contributed by atoms with Crippen molar-refractivity contribution >= 4 is 40.8 Å². The number of thioether (sulfide) groups is 1. The van der Waals surface area contributed by atoms with Gasteiger partial charge in [0.25, 0.3) is 0 Å². The monoisotopic (exact) mass is 631 g/mol. The van der Waals surface area contributed by atoms with E-state index >= 15 is 0 Å². The Labute approximate surface area is 263 Å². The third kappa shape index (κ3) is 20.8. The van der Waals surface area contributed by atoms with E-state index < -0.39 is 5.54 Å². The maximum Gasteiger partial charge on any atom is 0.222 e. The summed E-state index contributed by atoms with van der Waals surface area (Å²) in [7, 11) is 0. The van der Waals surface area contributed by atoms with E-state index in [2.05, 4.69) is 5.32 Å². The fourth-order valence-corrected chi connectivity index (χ4v) is 4.42. The van der Waals surface area contributed by atoms with Crippen molar-refractivity contribution in [2.24, 2.45) is 23.7 Å². The van der Waals surface area contributed by atoms with Crippen LogP contribution in [0.3, 0.4) is 0 Å². The van der Waals surface area contributed by atoms with Gasteiger partial charge in [-0.1, -0.05) is 55.4 Å². The number of carbonyl (C=O) groups excluding carboxylic acids is 5. The molecule has 0 aliphatic heterocycles. The molecule has 1 N–H and O–H groups in total. The van der Waals surface area contributed by atoms with Crippen LogP contribution in [-0.4, -0.2) is 98.9 Å². The van der Waals surface area contributed by atoms with E-state index in [1.165, 1.54) is 11.8 Å². The number of ketones is 4. The molecule has 0 aliphatic rings. The van der Waals surface area contributed by atoms with Gasteiger partial charge in [-0.3, -0.25) is 24.0 Å². The molecule has 0 radical (unpaired) electrons. The van der Waals surface area contributed by atoms with Crippen molar-refractivity contribution in [3.05, 3.63) is 0 Å². The second-order valence-electron chi connectivity index (χ2n) is 12.1. The number of amides is 1. The van der Waals surface area contributed by atoms with Crippen LogP contribution in [0.1, 0.15) is 81.1 Å². The Kier molecular flexibility index (Phi) is 22.8. The molecule has 1 amide bonds. The minimum atomic E-state index is -1.10. The van der Waals surface area contributed by atoms with Crippen LogP contribution >= 0.6 is 11.8 Å². The lowest BCUT2D eigenvalue weighted by molar-refractivity contribution is -0.131. The van der Waals surface area contributed by atoms with Gasteiger partial charge in [-0.15, -0.1) is 0 Å². The highest BCUT2D eigenvalue weighted by atomic mass is 32.2. The maximum absolute atomic E-state index is 13.0. The topological polar surface area (TPSA) is 134 Å². The average Bonchev–Trinajstić information content (AvgIpc) is 2.94. The van der Waals surface area contributed by atoms with Crippen molar-refractivity contribution in [3.63, 3.8) is 0 Å². The zero-order valence-electron chi connectivity index (χ0n) is 27.8. The first-order chi connectivity index (χ1) is 20.2. The van der Waals surface area contributed by atoms with E-state index in [9.17, 15) is 24.0 Å². The van der Waals surface area contributed by atoms with Crippen molar-refractivity contribution in [3.8, 4) is 0 Å². The number of ether oxygens (including phenoxy) is 4. The largest absolute Gasteiger partial charge is 0.380 e. The Bertz CT molecular complexity index is 773. The predicted molar refractivity (Wildman–Crippen MR) is 169 cm³/mol. The molecule has 0 aliphatic carbocycles. The average molecular weight is 632 g/mol. The molecule has 0 aromatic heterocycles. The Hall–Kier alpha value is -1.66. The Balaban J connectivity index is 5.30. The van der Waals surface area contributed by atoms with Gasteiger partial charge in [0.15, 0.2) is 0 Å². The summed E-state index contributed by atoms with van der Waals surface area (Å²) in [5.41, 5.74) is -1.10. The first kappa shape index (κ1) is 41.3. The molecule has 0 unspecified atom stereocenters. The van der Waals surface area contributed by atoms with Crippen LogP contribution in [0, 0.1) is 23.7 Å². The second-order valence-corrected chi connectivity index (χ2v) is 13.2. The molecule has 0 spiro atoms. The fourth-order valence-electron chi connectivity index (χ4n) is 3.50. The molecule has 250 valence electrons. The molecule has 0 fully saturated rings. The third-order valence-corrected chi connectivity index (χ3v) is 7.63. The molecular formula is C32H57NO9S. The normalized spacial score (nSPS) is 12.0. The summed E-state index contributed by atoms with van der Waals surface area (Å²) in [5.74, 6) is 0.910. The molecule has 0 saturated heterocycles. The molecule has 0 atom stereocenters. The molecule has 0 rings (SSSR count). The van der Waals surface area contributed by atoms with Gasteiger partial charge in [-0.05, 0) is 0 Å². The molecule has 0 heterocycles. The summed E-state index contributed by atoms with van der Waals surface area (Å²) >= 11 is 1.51. The van der Waals surface area contributed by atoms with Crippen molar-refractivity contribution in [2.75, 3.05) is 64.4 Å². The zero-order chi connectivity index (χ0) is 32.8. The van der Waals surface area contributed by atoms with E-state index in [4.69, 9.17) is 18.9 Å². The van der Waals surface area contributed by atoms with E-state index in [0.717, 1.165) is 0 Å². The van der Waals surface area contributed by atoms with Crippen LogP contribution in [-0.2, 0) is 42.9 Å². The number of Topliss-reactive ketones (excluding diaryl/α,β-unsaturated/α-hetero) is 4. The Morgan fingerprint density at radius 3 is 1.28 bits per heavy atom. The second kappa shape index (κ2) is 23.7. The van der Waals surface area contributed by atoms with Crippen LogP contribution in [0.15, 0.2) is 0 Å². The summed E-state index contributed by atoms with van der Waals surface area (Å²) in [4.78, 5) is 61.0. The molecule has 10 nitrogen and oxygen atoms in total. The predicted octanol–water partition coefficient (Wildman–Crippen LogP) is 4.10. The van der Waals surface area contributed by atoms with Gasteiger partial charge in [0.05, 0.1) is 58.6 Å². The highest BCUT2D eigenvalue weighted by molar-refractivity contribution is 7.99. The number of carbonyl (C=O) groups is 5. The van der Waals surface area contributed by atoms with E-state index in [0.29, 0.717) is 18.1 Å². The highest BCUT2D eigenvalue weighted by Gasteiger charge is 2.34. The summed E-state index contributed by atoms with van der Waals surface area (Å²) < 4.78 is 23.2. The fraction of sp³-hybridized carbons (Fsp3) is 0.844. The molecule has 43 heavy (non-hydrogen) atoms. The number of hydrogen-bond acceptors (Lipinski definition) is 10. The Morgan fingerprint density at radius 2 is 0.907 bits per heavy atom.